The first kappa shape index (κ1) is 20.8. The van der Waals surface area contributed by atoms with Gasteiger partial charge in [-0.2, -0.15) is 8.78 Å². The van der Waals surface area contributed by atoms with E-state index in [0.29, 0.717) is 17.6 Å². The second-order valence-electron chi connectivity index (χ2n) is 6.88. The number of carbonyl (C=O) groups excluding carboxylic acids is 1. The Morgan fingerprint density at radius 2 is 2.10 bits per heavy atom. The van der Waals surface area contributed by atoms with E-state index in [1.54, 1.807) is 30.4 Å². The molecule has 0 radical (unpaired) electrons. The van der Waals surface area contributed by atoms with E-state index in [1.807, 2.05) is 11.4 Å². The molecule has 1 aromatic carbocycles. The normalized spacial score (nSPS) is 14.7. The van der Waals surface area contributed by atoms with E-state index in [9.17, 15) is 13.6 Å². The number of ether oxygens (including phenoxy) is 1. The molecule has 1 N–H and O–H groups in total. The van der Waals surface area contributed by atoms with E-state index in [2.05, 4.69) is 30.9 Å². The molecule has 1 saturated carbocycles. The molecule has 158 valence electrons. The van der Waals surface area contributed by atoms with E-state index in [1.165, 1.54) is 28.8 Å². The number of para-hydroxylation sites is 2. The molecule has 0 bridgehead atoms. The number of anilines is 1. The Labute approximate surface area is 180 Å². The lowest BCUT2D eigenvalue weighted by Crippen LogP contribution is -2.23. The molecule has 1 unspecified atom stereocenters. The van der Waals surface area contributed by atoms with Crippen molar-refractivity contribution in [2.75, 3.05) is 5.32 Å². The topological polar surface area (TPSA) is 69.0 Å². The SMILES string of the molecule is CC(Sc1nnc(Cc2cccs2)n1C1CC1)C(=O)Nc1ccccc1OC(F)F. The maximum Gasteiger partial charge on any atom is 0.387 e. The fraction of sp³-hybridized carbons (Fsp3) is 0.350. The number of hydrogen-bond acceptors (Lipinski definition) is 6. The number of carbonyl (C=O) groups is 1. The average Bonchev–Trinajstić information content (AvgIpc) is 3.27. The van der Waals surface area contributed by atoms with Crippen molar-refractivity contribution in [1.29, 1.82) is 0 Å². The van der Waals surface area contributed by atoms with Crippen LogP contribution in [0.4, 0.5) is 14.5 Å². The van der Waals surface area contributed by atoms with Crippen molar-refractivity contribution in [3.8, 4) is 5.75 Å². The monoisotopic (exact) mass is 450 g/mol. The lowest BCUT2D eigenvalue weighted by molar-refractivity contribution is -0.115. The molecule has 1 fully saturated rings. The van der Waals surface area contributed by atoms with Crippen molar-refractivity contribution >= 4 is 34.7 Å². The zero-order chi connectivity index (χ0) is 21.1. The standard InChI is InChI=1S/C20H20F2N4O2S2/c1-12(18(27)23-15-6-2-3-7-16(15)28-19(21)22)30-20-25-24-17(26(20)13-8-9-13)11-14-5-4-10-29-14/h2-7,10,12-13,19H,8-9,11H2,1H3,(H,23,27). The highest BCUT2D eigenvalue weighted by atomic mass is 32.2. The minimum absolute atomic E-state index is 0.0718. The molecule has 0 saturated heterocycles. The molecule has 4 rings (SSSR count). The summed E-state index contributed by atoms with van der Waals surface area (Å²) in [4.78, 5) is 13.9. The van der Waals surface area contributed by atoms with Crippen LogP contribution in [0.2, 0.25) is 0 Å². The number of hydrogen-bond donors (Lipinski definition) is 1. The largest absolute Gasteiger partial charge is 0.433 e. The lowest BCUT2D eigenvalue weighted by Gasteiger charge is -2.15. The van der Waals surface area contributed by atoms with Crippen LogP contribution >= 0.6 is 23.1 Å². The van der Waals surface area contributed by atoms with Crippen molar-refractivity contribution in [2.45, 2.75) is 49.2 Å². The Kier molecular flexibility index (Phi) is 6.33. The number of alkyl halides is 2. The van der Waals surface area contributed by atoms with Gasteiger partial charge >= 0.3 is 6.61 Å². The zero-order valence-electron chi connectivity index (χ0n) is 16.1. The Bertz CT molecular complexity index is 1010. The van der Waals surface area contributed by atoms with Gasteiger partial charge in [-0.05, 0) is 43.3 Å². The summed E-state index contributed by atoms with van der Waals surface area (Å²) in [6.07, 6.45) is 2.85. The molecule has 3 aromatic rings. The Hall–Kier alpha value is -2.46. The third-order valence-corrected chi connectivity index (χ3v) is 6.51. The zero-order valence-corrected chi connectivity index (χ0v) is 17.8. The number of nitrogens with zero attached hydrogens (tertiary/aromatic N) is 3. The molecule has 0 spiro atoms. The summed E-state index contributed by atoms with van der Waals surface area (Å²) < 4.78 is 31.8. The summed E-state index contributed by atoms with van der Waals surface area (Å²) in [5.41, 5.74) is 0.206. The van der Waals surface area contributed by atoms with Crippen molar-refractivity contribution in [2.24, 2.45) is 0 Å². The van der Waals surface area contributed by atoms with Gasteiger partial charge in [0.1, 0.15) is 11.6 Å². The van der Waals surface area contributed by atoms with Crippen LogP contribution in [-0.4, -0.2) is 32.5 Å². The van der Waals surface area contributed by atoms with E-state index in [4.69, 9.17) is 0 Å². The second kappa shape index (κ2) is 9.13. The van der Waals surface area contributed by atoms with Crippen molar-refractivity contribution in [3.05, 3.63) is 52.5 Å². The highest BCUT2D eigenvalue weighted by Crippen LogP contribution is 2.40. The number of amides is 1. The van der Waals surface area contributed by atoms with Gasteiger partial charge in [0.15, 0.2) is 5.16 Å². The van der Waals surface area contributed by atoms with Crippen LogP contribution in [0.15, 0.2) is 46.9 Å². The number of benzene rings is 1. The molecule has 10 heteroatoms. The minimum atomic E-state index is -2.96. The van der Waals surface area contributed by atoms with Crippen LogP contribution < -0.4 is 10.1 Å². The molecule has 2 aromatic heterocycles. The van der Waals surface area contributed by atoms with Gasteiger partial charge in [0.2, 0.25) is 5.91 Å². The maximum absolute atomic E-state index is 12.7. The Balaban J connectivity index is 1.46. The van der Waals surface area contributed by atoms with Gasteiger partial charge in [-0.25, -0.2) is 0 Å². The Morgan fingerprint density at radius 3 is 2.80 bits per heavy atom. The van der Waals surface area contributed by atoms with Gasteiger partial charge in [-0.1, -0.05) is 30.0 Å². The van der Waals surface area contributed by atoms with Gasteiger partial charge in [-0.3, -0.25) is 4.79 Å². The first-order valence-corrected chi connectivity index (χ1v) is 11.2. The average molecular weight is 451 g/mol. The number of thioether (sulfide) groups is 1. The van der Waals surface area contributed by atoms with Crippen LogP contribution in [0.3, 0.4) is 0 Å². The predicted molar refractivity (Wildman–Crippen MR) is 112 cm³/mol. The van der Waals surface area contributed by atoms with E-state index in [-0.39, 0.29) is 17.3 Å². The molecule has 1 amide bonds. The van der Waals surface area contributed by atoms with Crippen LogP contribution in [0.5, 0.6) is 5.75 Å². The first-order chi connectivity index (χ1) is 14.5. The van der Waals surface area contributed by atoms with Crippen LogP contribution in [0, 0.1) is 0 Å². The lowest BCUT2D eigenvalue weighted by atomic mass is 10.3. The van der Waals surface area contributed by atoms with Crippen LogP contribution in [-0.2, 0) is 11.2 Å². The molecule has 1 atom stereocenters. The highest BCUT2D eigenvalue weighted by molar-refractivity contribution is 8.00. The molecule has 6 nitrogen and oxygen atoms in total. The Morgan fingerprint density at radius 1 is 1.30 bits per heavy atom. The van der Waals surface area contributed by atoms with Crippen LogP contribution in [0.1, 0.15) is 36.5 Å². The van der Waals surface area contributed by atoms with Crippen molar-refractivity contribution < 1.29 is 18.3 Å². The predicted octanol–water partition coefficient (Wildman–Crippen LogP) is 4.99. The summed E-state index contributed by atoms with van der Waals surface area (Å²) in [7, 11) is 0. The first-order valence-electron chi connectivity index (χ1n) is 9.48. The molecular weight excluding hydrogens is 430 g/mol. The highest BCUT2D eigenvalue weighted by Gasteiger charge is 2.31. The van der Waals surface area contributed by atoms with E-state index >= 15 is 0 Å². The van der Waals surface area contributed by atoms with E-state index in [0.717, 1.165) is 18.7 Å². The number of rotatable bonds is 9. The van der Waals surface area contributed by atoms with Crippen LogP contribution in [0.25, 0.3) is 0 Å². The van der Waals surface area contributed by atoms with Gasteiger partial charge < -0.3 is 14.6 Å². The number of nitrogens with one attached hydrogen (secondary N) is 1. The third kappa shape index (κ3) is 4.99. The summed E-state index contributed by atoms with van der Waals surface area (Å²) >= 11 is 2.99. The molecule has 30 heavy (non-hydrogen) atoms. The number of thiophene rings is 1. The summed E-state index contributed by atoms with van der Waals surface area (Å²) in [6.45, 7) is -1.21. The smallest absolute Gasteiger partial charge is 0.387 e. The summed E-state index contributed by atoms with van der Waals surface area (Å²) in [5.74, 6) is 0.499. The van der Waals surface area contributed by atoms with Gasteiger partial charge in [0.05, 0.1) is 10.9 Å². The maximum atomic E-state index is 12.7. The molecule has 0 aliphatic heterocycles. The minimum Gasteiger partial charge on any atom is -0.433 e. The molecule has 1 aliphatic carbocycles. The van der Waals surface area contributed by atoms with Gasteiger partial charge in [0, 0.05) is 17.3 Å². The molecule has 1 aliphatic rings. The van der Waals surface area contributed by atoms with Crippen molar-refractivity contribution in [1.82, 2.24) is 14.8 Å². The second-order valence-corrected chi connectivity index (χ2v) is 9.22. The van der Waals surface area contributed by atoms with Crippen molar-refractivity contribution in [3.63, 3.8) is 0 Å². The van der Waals surface area contributed by atoms with E-state index < -0.39 is 11.9 Å². The number of aromatic nitrogens is 3. The summed E-state index contributed by atoms with van der Waals surface area (Å²) in [6, 6.07) is 10.6. The summed E-state index contributed by atoms with van der Waals surface area (Å²) in [5, 5.41) is 13.6. The number of halogens is 2. The third-order valence-electron chi connectivity index (χ3n) is 4.57. The fourth-order valence-electron chi connectivity index (χ4n) is 2.99. The van der Waals surface area contributed by atoms with Gasteiger partial charge in [-0.15, -0.1) is 21.5 Å². The molecular formula is C20H20F2N4O2S2. The molecule has 2 heterocycles. The quantitative estimate of drug-likeness (QED) is 0.466. The van der Waals surface area contributed by atoms with Gasteiger partial charge in [0.25, 0.3) is 0 Å². The fourth-order valence-corrected chi connectivity index (χ4v) is 4.63.